The number of aromatic nitrogens is 1. The number of hydrogen-bond acceptors (Lipinski definition) is 5. The smallest absolute Gasteiger partial charge is 0.194 e. The summed E-state index contributed by atoms with van der Waals surface area (Å²) >= 11 is 1.73. The normalized spacial score (nSPS) is 14.6. The summed E-state index contributed by atoms with van der Waals surface area (Å²) in [6, 6.07) is 0. The number of aliphatic imine (C=N–C) groups is 1. The second-order valence-electron chi connectivity index (χ2n) is 3.57. The summed E-state index contributed by atoms with van der Waals surface area (Å²) in [7, 11) is 2.05. The lowest BCUT2D eigenvalue weighted by atomic mass is 10.4. The molecule has 0 saturated carbocycles. The van der Waals surface area contributed by atoms with Crippen LogP contribution >= 0.6 is 35.3 Å². The van der Waals surface area contributed by atoms with Crippen molar-refractivity contribution in [3.05, 3.63) is 16.1 Å². The molecule has 0 unspecified atom stereocenters. The van der Waals surface area contributed by atoms with Crippen LogP contribution < -0.4 is 5.32 Å². The number of aryl methyl sites for hydroxylation is 1. The molecule has 6 heteroatoms. The van der Waals surface area contributed by atoms with Crippen LogP contribution in [0.1, 0.15) is 17.6 Å². The molecule has 0 amide bonds. The molecule has 4 nitrogen and oxygen atoms in total. The molecule has 1 aromatic rings. The van der Waals surface area contributed by atoms with Gasteiger partial charge in [0.05, 0.1) is 23.8 Å². The molecule has 0 aromatic carbocycles. The van der Waals surface area contributed by atoms with Crippen molar-refractivity contribution in [2.24, 2.45) is 4.99 Å². The molecule has 16 heavy (non-hydrogen) atoms. The van der Waals surface area contributed by atoms with Crippen LogP contribution in [-0.4, -0.2) is 36.0 Å². The maximum absolute atomic E-state index is 4.50. The van der Waals surface area contributed by atoms with Gasteiger partial charge in [-0.1, -0.05) is 6.92 Å². The van der Waals surface area contributed by atoms with Crippen LogP contribution in [0.4, 0.5) is 0 Å². The van der Waals surface area contributed by atoms with Crippen molar-refractivity contribution in [2.75, 3.05) is 20.1 Å². The molecule has 0 fully saturated rings. The Morgan fingerprint density at radius 2 is 2.38 bits per heavy atom. The van der Waals surface area contributed by atoms with Crippen LogP contribution in [0.25, 0.3) is 0 Å². The summed E-state index contributed by atoms with van der Waals surface area (Å²) in [5, 5.41) is 6.62. The minimum Gasteiger partial charge on any atom is -0.351 e. The summed E-state index contributed by atoms with van der Waals surface area (Å²) in [6.45, 7) is 4.82. The number of thiazole rings is 1. The number of nitrogens with zero attached hydrogens (tertiary/aromatic N) is 3. The molecular weight excluding hydrogens is 335 g/mol. The van der Waals surface area contributed by atoms with Gasteiger partial charge in [0.25, 0.3) is 0 Å². The lowest BCUT2D eigenvalue weighted by Gasteiger charge is -2.14. The van der Waals surface area contributed by atoms with Gasteiger partial charge in [-0.15, -0.1) is 35.3 Å². The third-order valence-corrected chi connectivity index (χ3v) is 3.43. The van der Waals surface area contributed by atoms with Crippen LogP contribution in [0.15, 0.2) is 10.4 Å². The van der Waals surface area contributed by atoms with Gasteiger partial charge in [0.15, 0.2) is 5.96 Å². The topological polar surface area (TPSA) is 40.5 Å². The zero-order valence-electron chi connectivity index (χ0n) is 9.56. The van der Waals surface area contributed by atoms with E-state index in [-0.39, 0.29) is 24.0 Å². The van der Waals surface area contributed by atoms with E-state index in [4.69, 9.17) is 0 Å². The van der Waals surface area contributed by atoms with Crippen molar-refractivity contribution in [1.82, 2.24) is 15.2 Å². The lowest BCUT2D eigenvalue weighted by Crippen LogP contribution is -2.35. The van der Waals surface area contributed by atoms with E-state index in [1.807, 2.05) is 0 Å². The summed E-state index contributed by atoms with van der Waals surface area (Å²) in [6.07, 6.45) is 1.02. The van der Waals surface area contributed by atoms with Crippen LogP contribution in [0.5, 0.6) is 0 Å². The van der Waals surface area contributed by atoms with Crippen molar-refractivity contribution in [3.8, 4) is 0 Å². The molecule has 0 bridgehead atoms. The predicted octanol–water partition coefficient (Wildman–Crippen LogP) is 1.71. The number of nitrogens with one attached hydrogen (secondary N) is 1. The minimum absolute atomic E-state index is 0. The second-order valence-corrected chi connectivity index (χ2v) is 4.51. The SMILES string of the molecule is CCc1nc(CNC2=NCCN2C)cs1.I. The fourth-order valence-electron chi connectivity index (χ4n) is 1.49. The number of likely N-dealkylation sites (N-methyl/N-ethyl adjacent to an activating group) is 1. The molecule has 0 spiro atoms. The molecule has 2 heterocycles. The Hall–Kier alpha value is -0.370. The lowest BCUT2D eigenvalue weighted by molar-refractivity contribution is 0.533. The first-order valence-corrected chi connectivity index (χ1v) is 6.10. The number of halogens is 1. The van der Waals surface area contributed by atoms with Crippen molar-refractivity contribution in [2.45, 2.75) is 19.9 Å². The first-order valence-electron chi connectivity index (χ1n) is 5.22. The summed E-state index contributed by atoms with van der Waals surface area (Å²) < 4.78 is 0. The highest BCUT2D eigenvalue weighted by molar-refractivity contribution is 14.0. The molecule has 2 rings (SSSR count). The van der Waals surface area contributed by atoms with E-state index in [1.165, 1.54) is 5.01 Å². The van der Waals surface area contributed by atoms with Gasteiger partial charge >= 0.3 is 0 Å². The maximum atomic E-state index is 4.50. The van der Waals surface area contributed by atoms with Gasteiger partial charge < -0.3 is 10.2 Å². The van der Waals surface area contributed by atoms with Crippen molar-refractivity contribution in [1.29, 1.82) is 0 Å². The van der Waals surface area contributed by atoms with Crippen LogP contribution in [-0.2, 0) is 13.0 Å². The molecule has 1 aliphatic rings. The molecule has 0 atom stereocenters. The van der Waals surface area contributed by atoms with E-state index in [0.717, 1.165) is 37.7 Å². The second kappa shape index (κ2) is 6.39. The van der Waals surface area contributed by atoms with Gasteiger partial charge in [-0.25, -0.2) is 4.98 Å². The van der Waals surface area contributed by atoms with Crippen LogP contribution in [0.3, 0.4) is 0 Å². The van der Waals surface area contributed by atoms with Gasteiger partial charge in [-0.3, -0.25) is 4.99 Å². The van der Waals surface area contributed by atoms with Crippen molar-refractivity contribution >= 4 is 41.3 Å². The van der Waals surface area contributed by atoms with Crippen molar-refractivity contribution in [3.63, 3.8) is 0 Å². The molecule has 0 aliphatic carbocycles. The van der Waals surface area contributed by atoms with E-state index >= 15 is 0 Å². The summed E-state index contributed by atoms with van der Waals surface area (Å²) in [5.41, 5.74) is 1.11. The summed E-state index contributed by atoms with van der Waals surface area (Å²) in [5.74, 6) is 0.987. The summed E-state index contributed by atoms with van der Waals surface area (Å²) in [4.78, 5) is 11.0. The fraction of sp³-hybridized carbons (Fsp3) is 0.600. The van der Waals surface area contributed by atoms with Gasteiger partial charge in [0.2, 0.25) is 0 Å². The third-order valence-electron chi connectivity index (χ3n) is 2.39. The van der Waals surface area contributed by atoms with Gasteiger partial charge in [0, 0.05) is 19.0 Å². The monoisotopic (exact) mass is 352 g/mol. The molecule has 1 N–H and O–H groups in total. The standard InChI is InChI=1S/C10H16N4S.HI/c1-3-9-13-8(7-15-9)6-12-10-11-4-5-14(10)2;/h7H,3-6H2,1-2H3,(H,11,12);1H. The highest BCUT2D eigenvalue weighted by Crippen LogP contribution is 2.10. The van der Waals surface area contributed by atoms with Crippen molar-refractivity contribution < 1.29 is 0 Å². The fourth-order valence-corrected chi connectivity index (χ4v) is 2.23. The first kappa shape index (κ1) is 13.7. The number of guanidine groups is 1. The van der Waals surface area contributed by atoms with Gasteiger partial charge in [0.1, 0.15) is 0 Å². The Balaban J connectivity index is 0.00000128. The quantitative estimate of drug-likeness (QED) is 0.843. The van der Waals surface area contributed by atoms with E-state index in [0.29, 0.717) is 0 Å². The molecular formula is C10H17IN4S. The van der Waals surface area contributed by atoms with E-state index in [1.54, 1.807) is 11.3 Å². The predicted molar refractivity (Wildman–Crippen MR) is 78.7 cm³/mol. The minimum atomic E-state index is 0. The molecule has 1 aromatic heterocycles. The maximum Gasteiger partial charge on any atom is 0.194 e. The Morgan fingerprint density at radius 3 is 2.94 bits per heavy atom. The van der Waals surface area contributed by atoms with E-state index in [9.17, 15) is 0 Å². The Morgan fingerprint density at radius 1 is 1.56 bits per heavy atom. The van der Waals surface area contributed by atoms with Gasteiger partial charge in [-0.05, 0) is 6.42 Å². The van der Waals surface area contributed by atoms with Crippen LogP contribution in [0.2, 0.25) is 0 Å². The Kier molecular flexibility index (Phi) is 5.47. The average Bonchev–Trinajstić information content (AvgIpc) is 2.84. The Bertz CT molecular complexity index is 363. The third kappa shape index (κ3) is 3.31. The van der Waals surface area contributed by atoms with E-state index < -0.39 is 0 Å². The molecule has 0 radical (unpaired) electrons. The van der Waals surface area contributed by atoms with E-state index in [2.05, 4.69) is 39.5 Å². The first-order chi connectivity index (χ1) is 7.29. The zero-order chi connectivity index (χ0) is 10.7. The molecule has 90 valence electrons. The van der Waals surface area contributed by atoms with Gasteiger partial charge in [-0.2, -0.15) is 0 Å². The Labute approximate surface area is 117 Å². The molecule has 1 aliphatic heterocycles. The largest absolute Gasteiger partial charge is 0.351 e. The molecule has 0 saturated heterocycles. The number of rotatable bonds is 3. The highest BCUT2D eigenvalue weighted by Gasteiger charge is 2.11. The number of hydrogen-bond donors (Lipinski definition) is 1. The highest BCUT2D eigenvalue weighted by atomic mass is 127. The van der Waals surface area contributed by atoms with Crippen LogP contribution in [0, 0.1) is 0 Å². The average molecular weight is 352 g/mol. The zero-order valence-corrected chi connectivity index (χ0v) is 12.7.